The van der Waals surface area contributed by atoms with Crippen LogP contribution in [0.25, 0.3) is 0 Å². The van der Waals surface area contributed by atoms with Crippen molar-refractivity contribution in [2.45, 2.75) is 210 Å². The van der Waals surface area contributed by atoms with E-state index in [1.165, 1.54) is 19.6 Å². The zero-order valence-electron chi connectivity index (χ0n) is 40.9. The van der Waals surface area contributed by atoms with Gasteiger partial charge in [-0.25, -0.2) is 4.79 Å². The van der Waals surface area contributed by atoms with Crippen LogP contribution in [0.1, 0.15) is 117 Å². The average molecular weight is 945 g/mol. The van der Waals surface area contributed by atoms with Crippen LogP contribution in [0.2, 0.25) is 0 Å². The summed E-state index contributed by atoms with van der Waals surface area (Å²) in [5.74, 6) is -1.01. The van der Waals surface area contributed by atoms with Crippen molar-refractivity contribution < 1.29 is 77.0 Å². The molecule has 6 fully saturated rings. The molecule has 4 aliphatic carbocycles. The number of rotatable bonds is 13. The topological polar surface area (TPSA) is 196 Å². The third-order valence-corrected chi connectivity index (χ3v) is 17.4. The summed E-state index contributed by atoms with van der Waals surface area (Å²) in [5, 5.41) is 34.5. The summed E-state index contributed by atoms with van der Waals surface area (Å²) >= 11 is 0. The zero-order valence-corrected chi connectivity index (χ0v) is 40.9. The van der Waals surface area contributed by atoms with Crippen LogP contribution in [0.5, 0.6) is 0 Å². The van der Waals surface area contributed by atoms with Gasteiger partial charge in [-0.1, -0.05) is 43.7 Å². The third-order valence-electron chi connectivity index (χ3n) is 17.4. The average Bonchev–Trinajstić information content (AvgIpc) is 3.59. The lowest BCUT2D eigenvalue weighted by Gasteiger charge is -2.63. The summed E-state index contributed by atoms with van der Waals surface area (Å²) in [5.41, 5.74) is -0.495. The monoisotopic (exact) mass is 945 g/mol. The number of hydrogen-bond acceptors (Lipinski definition) is 16. The quantitative estimate of drug-likeness (QED) is 0.168. The first-order valence-corrected chi connectivity index (χ1v) is 24.6. The number of aliphatic hydroxyl groups is 3. The van der Waals surface area contributed by atoms with E-state index < -0.39 is 103 Å². The summed E-state index contributed by atoms with van der Waals surface area (Å²) in [4.78, 5) is 26.0. The number of esters is 2. The molecule has 3 heterocycles. The van der Waals surface area contributed by atoms with Crippen LogP contribution < -0.4 is 0 Å². The van der Waals surface area contributed by atoms with Gasteiger partial charge < -0.3 is 67.4 Å². The van der Waals surface area contributed by atoms with Crippen molar-refractivity contribution >= 4 is 11.9 Å². The first kappa shape index (κ1) is 50.8. The van der Waals surface area contributed by atoms with Crippen LogP contribution in [0.4, 0.5) is 0 Å². The number of carbonyl (C=O) groups excluding carboxylic acids is 2. The maximum absolute atomic E-state index is 13.8. The molecule has 0 bridgehead atoms. The standard InChI is InChI=1S/C51H76O16/c1-26(60-30(5)52)34-19-21-51(56)35-17-16-32-22-33(18-20-49(32,6)36(35)23-39(50(34,51)7)65-47(55)31-14-12-11-13-15-31)64-40-24-37(57-8)44(28(3)61-40)66-41-25-38(58-9)45(29(4)62-41)67-48-43(54)46(59-10)42(53)27(2)63-48/h11-16,26-29,33-46,48,53-54,56H,17-25H2,1-10H3/t26-,27+,28+,29+,33-,34+,35+,36-,37-,38-,39+,40-,41-,42+,43+,44+,45+,46+,48-,49-,50-,51-/m0/s1. The van der Waals surface area contributed by atoms with Crippen molar-refractivity contribution in [1.29, 1.82) is 0 Å². The molecule has 0 spiro atoms. The highest BCUT2D eigenvalue weighted by atomic mass is 16.8. The van der Waals surface area contributed by atoms with Crippen molar-refractivity contribution in [3.8, 4) is 0 Å². The molecule has 1 aromatic carbocycles. The van der Waals surface area contributed by atoms with Crippen molar-refractivity contribution in [1.82, 2.24) is 0 Å². The van der Waals surface area contributed by atoms with Crippen LogP contribution in [0.3, 0.4) is 0 Å². The molecule has 3 saturated heterocycles. The number of allylic oxidation sites excluding steroid dienone is 1. The minimum Gasteiger partial charge on any atom is -0.463 e. The van der Waals surface area contributed by atoms with Crippen LogP contribution >= 0.6 is 0 Å². The van der Waals surface area contributed by atoms with Gasteiger partial charge in [0.25, 0.3) is 0 Å². The smallest absolute Gasteiger partial charge is 0.338 e. The minimum atomic E-state index is -1.22. The van der Waals surface area contributed by atoms with Crippen LogP contribution in [0.15, 0.2) is 42.0 Å². The molecule has 0 unspecified atom stereocenters. The Morgan fingerprint density at radius 3 is 2.03 bits per heavy atom. The fourth-order valence-corrected chi connectivity index (χ4v) is 13.7. The second kappa shape index (κ2) is 20.3. The van der Waals surface area contributed by atoms with E-state index in [2.05, 4.69) is 19.9 Å². The lowest BCUT2D eigenvalue weighted by Crippen LogP contribution is -2.67. The third kappa shape index (κ3) is 9.41. The second-order valence-electron chi connectivity index (χ2n) is 20.9. The van der Waals surface area contributed by atoms with Gasteiger partial charge in [0.15, 0.2) is 18.9 Å². The normalized spacial score (nSPS) is 46.9. The number of methoxy groups -OCH3 is 3. The van der Waals surface area contributed by atoms with Gasteiger partial charge in [0, 0.05) is 52.4 Å². The molecule has 7 aliphatic rings. The van der Waals surface area contributed by atoms with Gasteiger partial charge >= 0.3 is 11.9 Å². The Morgan fingerprint density at radius 2 is 1.40 bits per heavy atom. The lowest BCUT2D eigenvalue weighted by molar-refractivity contribution is -0.352. The maximum Gasteiger partial charge on any atom is 0.338 e. The maximum atomic E-state index is 13.8. The molecule has 0 amide bonds. The molecule has 1 aromatic rings. The predicted octanol–water partition coefficient (Wildman–Crippen LogP) is 5.40. The largest absolute Gasteiger partial charge is 0.463 e. The minimum absolute atomic E-state index is 0.0433. The first-order valence-electron chi connectivity index (χ1n) is 24.6. The van der Waals surface area contributed by atoms with E-state index in [1.807, 2.05) is 39.0 Å². The molecule has 16 heteroatoms. The Hall–Kier alpha value is -2.58. The van der Waals surface area contributed by atoms with Crippen LogP contribution in [-0.2, 0) is 56.9 Å². The van der Waals surface area contributed by atoms with Gasteiger partial charge in [0.2, 0.25) is 0 Å². The van der Waals surface area contributed by atoms with E-state index in [4.69, 9.17) is 52.1 Å². The van der Waals surface area contributed by atoms with Crippen LogP contribution in [-0.4, -0.2) is 152 Å². The van der Waals surface area contributed by atoms with Gasteiger partial charge in [-0.05, 0) is 102 Å². The first-order chi connectivity index (χ1) is 31.9. The summed E-state index contributed by atoms with van der Waals surface area (Å²) < 4.78 is 68.0. The number of benzene rings is 1. The summed E-state index contributed by atoms with van der Waals surface area (Å²) in [6.07, 6.45) is -2.10. The Morgan fingerprint density at radius 1 is 0.761 bits per heavy atom. The van der Waals surface area contributed by atoms with Crippen molar-refractivity contribution in [2.24, 2.45) is 28.6 Å². The summed E-state index contributed by atoms with van der Waals surface area (Å²) in [6.45, 7) is 13.2. The highest BCUT2D eigenvalue weighted by molar-refractivity contribution is 5.89. The summed E-state index contributed by atoms with van der Waals surface area (Å²) in [7, 11) is 4.68. The van der Waals surface area contributed by atoms with E-state index in [0.29, 0.717) is 50.5 Å². The van der Waals surface area contributed by atoms with E-state index in [1.54, 1.807) is 33.3 Å². The molecular formula is C51H76O16. The van der Waals surface area contributed by atoms with Gasteiger partial charge in [-0.2, -0.15) is 0 Å². The molecule has 0 aromatic heterocycles. The van der Waals surface area contributed by atoms with Crippen molar-refractivity contribution in [2.75, 3.05) is 21.3 Å². The number of carbonyl (C=O) groups is 2. The molecule has 3 N–H and O–H groups in total. The number of fused-ring (bicyclic) bond motifs is 5. The lowest BCUT2D eigenvalue weighted by atomic mass is 9.44. The SMILES string of the molecule is CO[C@H]1[C@@H](O)[C@H](O[C@H]2[C@@H](OC)C[C@H](O[C@H]3[C@@H](OC)C[C@H](O[C@H]4CC[C@@]5(C)C(=CC[C@@H]6[C@@H]5C[C@@H](OC(=O)c5ccccc5)[C@]5(C)[C@@H]([C@H](C)OC(C)=O)CC[C@]65O)C4)O[C@@H]3C)O[C@@H]2C)O[C@H](C)[C@H]1O. The van der Waals surface area contributed by atoms with E-state index in [0.717, 1.165) is 12.8 Å². The molecule has 3 aliphatic heterocycles. The Kier molecular flexibility index (Phi) is 15.4. The van der Waals surface area contributed by atoms with E-state index in [-0.39, 0.29) is 41.3 Å². The fraction of sp³-hybridized carbons (Fsp3) is 0.804. The van der Waals surface area contributed by atoms with Gasteiger partial charge in [0.05, 0.1) is 47.8 Å². The van der Waals surface area contributed by atoms with Crippen molar-refractivity contribution in [3.63, 3.8) is 0 Å². The Labute approximate surface area is 395 Å². The number of hydrogen-bond donors (Lipinski definition) is 3. The van der Waals surface area contributed by atoms with E-state index in [9.17, 15) is 24.9 Å². The van der Waals surface area contributed by atoms with Gasteiger partial charge in [-0.3, -0.25) is 4.79 Å². The fourth-order valence-electron chi connectivity index (χ4n) is 13.7. The highest BCUT2D eigenvalue weighted by Gasteiger charge is 2.72. The summed E-state index contributed by atoms with van der Waals surface area (Å²) in [6, 6.07) is 9.00. The highest BCUT2D eigenvalue weighted by Crippen LogP contribution is 2.69. The Bertz CT molecular complexity index is 1900. The van der Waals surface area contributed by atoms with E-state index >= 15 is 0 Å². The molecule has 376 valence electrons. The number of aliphatic hydroxyl groups excluding tert-OH is 2. The Balaban J connectivity index is 0.913. The number of ether oxygens (including phenoxy) is 11. The predicted molar refractivity (Wildman–Crippen MR) is 240 cm³/mol. The van der Waals surface area contributed by atoms with Crippen LogP contribution in [0, 0.1) is 28.6 Å². The zero-order chi connectivity index (χ0) is 48.2. The second-order valence-corrected chi connectivity index (χ2v) is 20.9. The van der Waals surface area contributed by atoms with Gasteiger partial charge in [-0.15, -0.1) is 0 Å². The molecular weight excluding hydrogens is 869 g/mol. The molecule has 8 rings (SSSR count). The molecule has 22 atom stereocenters. The van der Waals surface area contributed by atoms with Crippen molar-refractivity contribution in [3.05, 3.63) is 47.5 Å². The molecule has 3 saturated carbocycles. The molecule has 67 heavy (non-hydrogen) atoms. The van der Waals surface area contributed by atoms with Gasteiger partial charge in [0.1, 0.15) is 42.7 Å². The molecule has 0 radical (unpaired) electrons. The molecule has 16 nitrogen and oxygen atoms in total.